The number of nitrogens with one attached hydrogen (secondary N) is 1. The lowest BCUT2D eigenvalue weighted by molar-refractivity contribution is -0.138. The van der Waals surface area contributed by atoms with Crippen LogP contribution in [0.25, 0.3) is 5.69 Å². The molecule has 11 heteroatoms. The van der Waals surface area contributed by atoms with Crippen LogP contribution < -0.4 is 21.5 Å². The standard InChI is InChI=1S/C38H33N5O6/c1-23-13-16-26(17-14-23)39-42-34(45)29-22-30-28(19-20-40-36(47)41(37(48)43(30)40)27-11-7-4-8-12-27)33(24-15-18-32(49-2)31(44)21-24)38(29,35(42)46)25-9-5-3-6-10-25/h3-19,21,29-30,33,39,44H,20,22H2,1-2H3. The van der Waals surface area contributed by atoms with E-state index < -0.39 is 46.5 Å². The van der Waals surface area contributed by atoms with Crippen LogP contribution in [0.5, 0.6) is 11.5 Å². The number of aryl methyl sites for hydroxylation is 1. The van der Waals surface area contributed by atoms with E-state index in [1.54, 1.807) is 60.7 Å². The van der Waals surface area contributed by atoms with Crippen molar-refractivity contribution < 1.29 is 19.4 Å². The average Bonchev–Trinajstić information content (AvgIpc) is 3.50. The molecule has 2 N–H and O–H groups in total. The number of hydrogen-bond acceptors (Lipinski definition) is 7. The molecule has 49 heavy (non-hydrogen) atoms. The molecule has 0 bridgehead atoms. The maximum absolute atomic E-state index is 15.2. The van der Waals surface area contributed by atoms with Gasteiger partial charge in [0.05, 0.1) is 42.4 Å². The molecule has 8 rings (SSSR count). The number of anilines is 1. The van der Waals surface area contributed by atoms with Gasteiger partial charge in [0.25, 0.3) is 11.8 Å². The van der Waals surface area contributed by atoms with Gasteiger partial charge in [0.15, 0.2) is 11.5 Å². The summed E-state index contributed by atoms with van der Waals surface area (Å²) in [6.45, 7) is 2.02. The summed E-state index contributed by atoms with van der Waals surface area (Å²) in [5, 5.41) is 12.1. The van der Waals surface area contributed by atoms with Gasteiger partial charge in [0, 0.05) is 5.92 Å². The van der Waals surface area contributed by atoms with Gasteiger partial charge in [-0.05, 0) is 66.4 Å². The van der Waals surface area contributed by atoms with Gasteiger partial charge in [-0.2, -0.15) is 5.01 Å². The van der Waals surface area contributed by atoms with E-state index in [2.05, 4.69) is 5.43 Å². The minimum Gasteiger partial charge on any atom is -0.504 e. The predicted molar refractivity (Wildman–Crippen MR) is 182 cm³/mol. The Kier molecular flexibility index (Phi) is 6.95. The number of imide groups is 1. The Morgan fingerprint density at radius 1 is 0.857 bits per heavy atom. The number of benzene rings is 4. The third kappa shape index (κ3) is 4.35. The highest BCUT2D eigenvalue weighted by Crippen LogP contribution is 2.62. The summed E-state index contributed by atoms with van der Waals surface area (Å²) in [6.07, 6.45) is 1.97. The van der Waals surface area contributed by atoms with E-state index in [9.17, 15) is 19.5 Å². The number of rotatable bonds is 6. The van der Waals surface area contributed by atoms with Gasteiger partial charge in [-0.25, -0.2) is 23.5 Å². The molecule has 4 unspecified atom stereocenters. The van der Waals surface area contributed by atoms with Crippen molar-refractivity contribution in [1.82, 2.24) is 18.9 Å². The molecule has 11 nitrogen and oxygen atoms in total. The normalized spacial score (nSPS) is 22.6. The molecule has 1 aromatic heterocycles. The summed E-state index contributed by atoms with van der Waals surface area (Å²) in [5.74, 6) is -2.55. The molecule has 3 aliphatic rings. The number of para-hydroxylation sites is 1. The maximum Gasteiger partial charge on any atom is 0.352 e. The molecule has 1 saturated carbocycles. The second kappa shape index (κ2) is 11.3. The van der Waals surface area contributed by atoms with Crippen molar-refractivity contribution in [2.75, 3.05) is 12.5 Å². The third-order valence-corrected chi connectivity index (χ3v) is 10.2. The predicted octanol–water partition coefficient (Wildman–Crippen LogP) is 4.44. The van der Waals surface area contributed by atoms with Crippen molar-refractivity contribution in [2.45, 2.75) is 37.3 Å². The number of aromatic nitrogens is 3. The zero-order valence-corrected chi connectivity index (χ0v) is 26.8. The average molecular weight is 656 g/mol. The van der Waals surface area contributed by atoms with Gasteiger partial charge < -0.3 is 9.84 Å². The van der Waals surface area contributed by atoms with E-state index >= 15 is 4.79 Å². The number of hydrazine groups is 1. The van der Waals surface area contributed by atoms with Crippen molar-refractivity contribution in [3.8, 4) is 17.2 Å². The highest BCUT2D eigenvalue weighted by Gasteiger charge is 2.68. The fourth-order valence-electron chi connectivity index (χ4n) is 8.07. The molecule has 5 aromatic rings. The largest absolute Gasteiger partial charge is 0.504 e. The number of aromatic hydroxyl groups is 1. The van der Waals surface area contributed by atoms with Crippen molar-refractivity contribution in [1.29, 1.82) is 0 Å². The van der Waals surface area contributed by atoms with Gasteiger partial charge in [-0.15, -0.1) is 0 Å². The second-order valence-corrected chi connectivity index (χ2v) is 12.7. The third-order valence-electron chi connectivity index (χ3n) is 10.2. The number of nitrogens with zero attached hydrogens (tertiary/aromatic N) is 4. The first kappa shape index (κ1) is 30.2. The van der Waals surface area contributed by atoms with Gasteiger partial charge in [-0.3, -0.25) is 15.0 Å². The first-order chi connectivity index (χ1) is 23.7. The topological polar surface area (TPSA) is 128 Å². The smallest absolute Gasteiger partial charge is 0.352 e. The van der Waals surface area contributed by atoms with Crippen molar-refractivity contribution in [2.24, 2.45) is 5.92 Å². The summed E-state index contributed by atoms with van der Waals surface area (Å²) in [4.78, 5) is 57.9. The van der Waals surface area contributed by atoms with Crippen LogP contribution in [-0.2, 0) is 21.5 Å². The molecular formula is C38H33N5O6. The summed E-state index contributed by atoms with van der Waals surface area (Å²) in [5.41, 5.74) is 4.49. The summed E-state index contributed by atoms with van der Waals surface area (Å²) >= 11 is 0. The number of allylic oxidation sites excluding steroid dienone is 2. The second-order valence-electron chi connectivity index (χ2n) is 12.7. The maximum atomic E-state index is 15.2. The minimum atomic E-state index is -1.46. The highest BCUT2D eigenvalue weighted by atomic mass is 16.5. The monoisotopic (exact) mass is 655 g/mol. The molecular weight excluding hydrogens is 622 g/mol. The Balaban J connectivity index is 1.38. The quantitative estimate of drug-likeness (QED) is 0.205. The number of fused-ring (bicyclic) bond motifs is 4. The molecule has 0 spiro atoms. The van der Waals surface area contributed by atoms with Crippen LogP contribution >= 0.6 is 0 Å². The molecule has 0 radical (unpaired) electrons. The highest BCUT2D eigenvalue weighted by molar-refractivity contribution is 6.12. The van der Waals surface area contributed by atoms with E-state index in [-0.39, 0.29) is 24.5 Å². The Labute approximate surface area is 280 Å². The van der Waals surface area contributed by atoms with E-state index in [4.69, 9.17) is 4.74 Å². The van der Waals surface area contributed by atoms with E-state index in [1.807, 2.05) is 55.5 Å². The first-order valence-electron chi connectivity index (χ1n) is 16.1. The Morgan fingerprint density at radius 3 is 2.22 bits per heavy atom. The number of carbonyl (C=O) groups excluding carboxylic acids is 2. The number of amides is 2. The summed E-state index contributed by atoms with van der Waals surface area (Å²) in [7, 11) is 1.45. The molecule has 3 heterocycles. The molecule has 4 atom stereocenters. The molecule has 2 amide bonds. The van der Waals surface area contributed by atoms with Gasteiger partial charge in [0.1, 0.15) is 0 Å². The van der Waals surface area contributed by atoms with Crippen LogP contribution in [0.15, 0.2) is 124 Å². The van der Waals surface area contributed by atoms with E-state index in [0.717, 1.165) is 15.1 Å². The van der Waals surface area contributed by atoms with Crippen LogP contribution in [-0.4, -0.2) is 43.0 Å². The van der Waals surface area contributed by atoms with Crippen LogP contribution in [0.1, 0.15) is 35.1 Å². The number of methoxy groups -OCH3 is 1. The van der Waals surface area contributed by atoms with Gasteiger partial charge in [0.2, 0.25) is 0 Å². The summed E-state index contributed by atoms with van der Waals surface area (Å²) in [6, 6.07) is 29.5. The van der Waals surface area contributed by atoms with Gasteiger partial charge in [-0.1, -0.05) is 78.4 Å². The van der Waals surface area contributed by atoms with Crippen molar-refractivity contribution in [3.05, 3.63) is 152 Å². The SMILES string of the molecule is COc1ccc(C2C3=CCn4c(=O)n(-c5ccccc5)c(=O)n4C3CC3C(=O)N(Nc4ccc(C)cc4)C(=O)C32c2ccccc2)cc1O. The number of ether oxygens (including phenoxy) is 1. The lowest BCUT2D eigenvalue weighted by atomic mass is 9.53. The first-order valence-corrected chi connectivity index (χ1v) is 16.1. The summed E-state index contributed by atoms with van der Waals surface area (Å²) < 4.78 is 9.31. The van der Waals surface area contributed by atoms with E-state index in [1.165, 1.54) is 16.5 Å². The lowest BCUT2D eigenvalue weighted by Gasteiger charge is -2.49. The lowest BCUT2D eigenvalue weighted by Crippen LogP contribution is -2.53. The van der Waals surface area contributed by atoms with Crippen molar-refractivity contribution >= 4 is 17.5 Å². The molecule has 1 aliphatic carbocycles. The van der Waals surface area contributed by atoms with Crippen LogP contribution in [0, 0.1) is 12.8 Å². The molecule has 2 fully saturated rings. The van der Waals surface area contributed by atoms with Crippen LogP contribution in [0.2, 0.25) is 0 Å². The Morgan fingerprint density at radius 2 is 1.55 bits per heavy atom. The fraction of sp³-hybridized carbons (Fsp3) is 0.211. The fourth-order valence-corrected chi connectivity index (χ4v) is 8.07. The minimum absolute atomic E-state index is 0.0708. The number of phenolic OH excluding ortho intramolecular Hbond substituents is 1. The number of phenols is 1. The Bertz CT molecular complexity index is 2270. The number of hydrogen-bond donors (Lipinski definition) is 2. The molecule has 1 saturated heterocycles. The molecule has 4 aromatic carbocycles. The number of carbonyl (C=O) groups is 2. The zero-order chi connectivity index (χ0) is 34.0. The van der Waals surface area contributed by atoms with Crippen molar-refractivity contribution in [3.63, 3.8) is 0 Å². The van der Waals surface area contributed by atoms with Crippen LogP contribution in [0.3, 0.4) is 0 Å². The molecule has 246 valence electrons. The zero-order valence-electron chi connectivity index (χ0n) is 26.8. The van der Waals surface area contributed by atoms with E-state index in [0.29, 0.717) is 28.1 Å². The van der Waals surface area contributed by atoms with Gasteiger partial charge >= 0.3 is 11.4 Å². The van der Waals surface area contributed by atoms with Crippen LogP contribution in [0.4, 0.5) is 5.69 Å². The molecule has 2 aliphatic heterocycles. The Hall–Kier alpha value is -6.10.